The number of halogens is 2. The van der Waals surface area contributed by atoms with Crippen molar-refractivity contribution in [2.24, 2.45) is 0 Å². The van der Waals surface area contributed by atoms with Crippen LogP contribution >= 0.6 is 23.2 Å². The van der Waals surface area contributed by atoms with Crippen LogP contribution in [0.5, 0.6) is 0 Å². The Bertz CT molecular complexity index is 803. The summed E-state index contributed by atoms with van der Waals surface area (Å²) in [5, 5.41) is 4.32. The van der Waals surface area contributed by atoms with Gasteiger partial charge in [0.15, 0.2) is 0 Å². The monoisotopic (exact) mass is 378 g/mol. The molecule has 1 aromatic heterocycles. The van der Waals surface area contributed by atoms with Crippen LogP contribution in [0.25, 0.3) is 0 Å². The Morgan fingerprint density at radius 3 is 2.64 bits per heavy atom. The van der Waals surface area contributed by atoms with Crippen LogP contribution in [0.15, 0.2) is 30.6 Å². The number of anilines is 1. The number of benzene rings is 1. The van der Waals surface area contributed by atoms with Gasteiger partial charge in [-0.1, -0.05) is 23.2 Å². The molecule has 6 nitrogen and oxygen atoms in total. The van der Waals surface area contributed by atoms with Crippen molar-refractivity contribution in [3.05, 3.63) is 51.8 Å². The summed E-state index contributed by atoms with van der Waals surface area (Å²) in [5.41, 5.74) is 1.25. The highest BCUT2D eigenvalue weighted by Crippen LogP contribution is 2.38. The highest BCUT2D eigenvalue weighted by molar-refractivity contribution is 6.33. The van der Waals surface area contributed by atoms with E-state index < -0.39 is 0 Å². The Kier molecular flexibility index (Phi) is 4.27. The summed E-state index contributed by atoms with van der Waals surface area (Å²) in [6, 6.07) is 5.27. The average molecular weight is 379 g/mol. The number of carbonyl (C=O) groups is 1. The molecule has 0 atom stereocenters. The first kappa shape index (κ1) is 16.6. The molecule has 2 aliphatic heterocycles. The van der Waals surface area contributed by atoms with Crippen molar-refractivity contribution >= 4 is 35.1 Å². The van der Waals surface area contributed by atoms with Crippen LogP contribution in [0.4, 0.5) is 5.95 Å². The third-order valence-electron chi connectivity index (χ3n) is 4.70. The summed E-state index contributed by atoms with van der Waals surface area (Å²) in [4.78, 5) is 22.8. The summed E-state index contributed by atoms with van der Waals surface area (Å²) >= 11 is 12.1. The zero-order valence-electron chi connectivity index (χ0n) is 13.3. The van der Waals surface area contributed by atoms with Crippen LogP contribution in [0.2, 0.25) is 10.0 Å². The van der Waals surface area contributed by atoms with Crippen molar-refractivity contribution in [2.75, 3.05) is 25.1 Å². The van der Waals surface area contributed by atoms with E-state index in [2.05, 4.69) is 15.3 Å². The average Bonchev–Trinajstić information content (AvgIpc) is 2.54. The van der Waals surface area contributed by atoms with Gasteiger partial charge >= 0.3 is 0 Å². The Morgan fingerprint density at radius 2 is 2.04 bits per heavy atom. The number of ether oxygens (including phenoxy) is 1. The van der Waals surface area contributed by atoms with Gasteiger partial charge in [0.2, 0.25) is 5.95 Å². The zero-order chi connectivity index (χ0) is 17.4. The smallest absolute Gasteiger partial charge is 0.257 e. The van der Waals surface area contributed by atoms with Crippen LogP contribution in [-0.2, 0) is 11.3 Å². The zero-order valence-corrected chi connectivity index (χ0v) is 14.8. The number of likely N-dealkylation sites (tertiary alicyclic amines) is 1. The molecule has 0 aliphatic carbocycles. The number of rotatable bonds is 4. The van der Waals surface area contributed by atoms with Gasteiger partial charge in [0.25, 0.3) is 5.91 Å². The number of amides is 1. The van der Waals surface area contributed by atoms with Crippen molar-refractivity contribution in [3.63, 3.8) is 0 Å². The van der Waals surface area contributed by atoms with Gasteiger partial charge in [0, 0.05) is 35.5 Å². The van der Waals surface area contributed by atoms with Crippen LogP contribution in [0.1, 0.15) is 22.3 Å². The van der Waals surface area contributed by atoms with E-state index in [0.717, 1.165) is 18.5 Å². The fourth-order valence-corrected chi connectivity index (χ4v) is 3.41. The molecule has 25 heavy (non-hydrogen) atoms. The van der Waals surface area contributed by atoms with Crippen LogP contribution < -0.4 is 5.32 Å². The lowest BCUT2D eigenvalue weighted by Gasteiger charge is -2.57. The van der Waals surface area contributed by atoms with Crippen LogP contribution in [0.3, 0.4) is 0 Å². The Morgan fingerprint density at radius 1 is 1.28 bits per heavy atom. The molecule has 1 aromatic carbocycles. The van der Waals surface area contributed by atoms with Crippen LogP contribution in [0, 0.1) is 0 Å². The molecule has 4 rings (SSSR count). The maximum absolute atomic E-state index is 12.5. The first-order valence-electron chi connectivity index (χ1n) is 7.97. The normalized spacial score (nSPS) is 17.8. The molecule has 3 heterocycles. The van der Waals surface area contributed by atoms with Crippen molar-refractivity contribution in [2.45, 2.75) is 18.5 Å². The van der Waals surface area contributed by atoms with E-state index in [4.69, 9.17) is 27.9 Å². The molecular weight excluding hydrogens is 363 g/mol. The van der Waals surface area contributed by atoms with Crippen molar-refractivity contribution in [3.8, 4) is 0 Å². The summed E-state index contributed by atoms with van der Waals surface area (Å²) in [7, 11) is 0. The predicted octanol–water partition coefficient (Wildman–Crippen LogP) is 3.01. The van der Waals surface area contributed by atoms with E-state index >= 15 is 0 Å². The molecule has 130 valence electrons. The van der Waals surface area contributed by atoms with Gasteiger partial charge in [-0.2, -0.15) is 0 Å². The number of nitrogens with zero attached hydrogens (tertiary/aromatic N) is 3. The van der Waals surface area contributed by atoms with Crippen molar-refractivity contribution in [1.29, 1.82) is 0 Å². The highest BCUT2D eigenvalue weighted by Gasteiger charge is 2.53. The second-order valence-corrected chi connectivity index (χ2v) is 7.15. The van der Waals surface area contributed by atoms with E-state index in [-0.39, 0.29) is 11.4 Å². The third-order valence-corrected chi connectivity index (χ3v) is 5.31. The SMILES string of the molecule is O=C(c1cnc(NCc2cc(Cl)ccc2Cl)nc1)N1CCC12COC2. The summed E-state index contributed by atoms with van der Waals surface area (Å²) in [5.74, 6) is 0.386. The van der Waals surface area contributed by atoms with Crippen molar-refractivity contribution < 1.29 is 9.53 Å². The number of nitrogens with one attached hydrogen (secondary N) is 1. The summed E-state index contributed by atoms with van der Waals surface area (Å²) < 4.78 is 5.25. The van der Waals surface area contributed by atoms with E-state index in [1.54, 1.807) is 30.6 Å². The quantitative estimate of drug-likeness (QED) is 0.885. The lowest BCUT2D eigenvalue weighted by molar-refractivity contribution is -0.172. The topological polar surface area (TPSA) is 67.4 Å². The molecule has 2 saturated heterocycles. The number of carbonyl (C=O) groups excluding carboxylic acids is 1. The molecule has 2 aliphatic rings. The molecule has 0 radical (unpaired) electrons. The molecule has 1 N–H and O–H groups in total. The first-order valence-corrected chi connectivity index (χ1v) is 8.73. The van der Waals surface area contributed by atoms with E-state index in [0.29, 0.717) is 41.3 Å². The second-order valence-electron chi connectivity index (χ2n) is 6.31. The number of hydrogen-bond acceptors (Lipinski definition) is 5. The fourth-order valence-electron chi connectivity index (χ4n) is 3.03. The largest absolute Gasteiger partial charge is 0.376 e. The van der Waals surface area contributed by atoms with E-state index in [1.165, 1.54) is 0 Å². The van der Waals surface area contributed by atoms with Crippen LogP contribution in [-0.4, -0.2) is 46.1 Å². The standard InChI is InChI=1S/C17H16Cl2N4O2/c18-13-1-2-14(19)11(5-13)6-20-16-21-7-12(8-22-16)15(24)23-4-3-17(23)9-25-10-17/h1-2,5,7-8H,3-4,6,9-10H2,(H,20,21,22). The van der Waals surface area contributed by atoms with Gasteiger partial charge in [0.1, 0.15) is 0 Å². The molecule has 1 amide bonds. The molecule has 1 spiro atoms. The molecule has 2 aromatic rings. The maximum atomic E-state index is 12.5. The Hall–Kier alpha value is -1.89. The van der Waals surface area contributed by atoms with Gasteiger partial charge in [-0.3, -0.25) is 4.79 Å². The molecule has 2 fully saturated rings. The minimum absolute atomic E-state index is 0.0426. The number of hydrogen-bond donors (Lipinski definition) is 1. The Balaban J connectivity index is 1.40. The van der Waals surface area contributed by atoms with Gasteiger partial charge in [-0.05, 0) is 30.2 Å². The maximum Gasteiger partial charge on any atom is 0.257 e. The lowest BCUT2D eigenvalue weighted by atomic mass is 9.82. The lowest BCUT2D eigenvalue weighted by Crippen LogP contribution is -2.72. The fraction of sp³-hybridized carbons (Fsp3) is 0.353. The van der Waals surface area contributed by atoms with E-state index in [1.807, 2.05) is 4.90 Å². The molecule has 8 heteroatoms. The molecular formula is C17H16Cl2N4O2. The van der Waals surface area contributed by atoms with E-state index in [9.17, 15) is 4.79 Å². The van der Waals surface area contributed by atoms with Gasteiger partial charge in [0.05, 0.1) is 24.3 Å². The molecule has 0 bridgehead atoms. The molecule has 0 saturated carbocycles. The Labute approximate surface area is 155 Å². The minimum Gasteiger partial charge on any atom is -0.376 e. The highest BCUT2D eigenvalue weighted by atomic mass is 35.5. The number of aromatic nitrogens is 2. The van der Waals surface area contributed by atoms with Gasteiger partial charge in [-0.15, -0.1) is 0 Å². The van der Waals surface area contributed by atoms with Crippen molar-refractivity contribution in [1.82, 2.24) is 14.9 Å². The first-order chi connectivity index (χ1) is 12.1. The predicted molar refractivity (Wildman–Crippen MR) is 95.0 cm³/mol. The third kappa shape index (κ3) is 3.05. The second kappa shape index (κ2) is 6.44. The minimum atomic E-state index is -0.0860. The van der Waals surface area contributed by atoms with Gasteiger partial charge < -0.3 is 15.0 Å². The van der Waals surface area contributed by atoms with Gasteiger partial charge in [-0.25, -0.2) is 9.97 Å². The summed E-state index contributed by atoms with van der Waals surface area (Å²) in [6.45, 7) is 2.45. The summed E-state index contributed by atoms with van der Waals surface area (Å²) in [6.07, 6.45) is 4.09. The molecule has 0 unspecified atom stereocenters.